The predicted octanol–water partition coefficient (Wildman–Crippen LogP) is 1.61. The Balaban J connectivity index is 0.00000400. The van der Waals surface area contributed by atoms with Crippen molar-refractivity contribution in [2.45, 2.75) is 19.9 Å². The van der Waals surface area contributed by atoms with Gasteiger partial charge in [0.2, 0.25) is 5.91 Å². The van der Waals surface area contributed by atoms with E-state index in [2.05, 4.69) is 10.6 Å². The summed E-state index contributed by atoms with van der Waals surface area (Å²) >= 11 is 5.88. The molecule has 1 rings (SSSR count). The molecule has 118 valence electrons. The minimum atomic E-state index is -0.456. The lowest BCUT2D eigenvalue weighted by Crippen LogP contribution is -2.39. The highest BCUT2D eigenvalue weighted by Crippen LogP contribution is 2.28. The molecule has 0 atom stereocenters. The van der Waals surface area contributed by atoms with Gasteiger partial charge >= 0.3 is 0 Å². The first-order chi connectivity index (χ1) is 9.35. The van der Waals surface area contributed by atoms with Crippen LogP contribution in [0.1, 0.15) is 24.2 Å². The lowest BCUT2D eigenvalue weighted by atomic mass is 10.1. The summed E-state index contributed by atoms with van der Waals surface area (Å²) in [5.41, 5.74) is 6.18. The number of hydrogen-bond donors (Lipinski definition) is 3. The molecule has 0 unspecified atom stereocenters. The van der Waals surface area contributed by atoms with Crippen LogP contribution in [0.3, 0.4) is 0 Å². The van der Waals surface area contributed by atoms with Gasteiger partial charge < -0.3 is 21.1 Å². The quantitative estimate of drug-likeness (QED) is 0.712. The molecule has 0 aromatic heterocycles. The molecule has 0 bridgehead atoms. The minimum absolute atomic E-state index is 0. The SMILES string of the molecule is COc1cc(N)c(Cl)cc1C(=O)NCC(=O)NC(C)C.Cl. The number of ether oxygens (including phenoxy) is 1. The summed E-state index contributed by atoms with van der Waals surface area (Å²) in [7, 11) is 1.42. The third kappa shape index (κ3) is 5.69. The van der Waals surface area contributed by atoms with E-state index in [1.54, 1.807) is 0 Å². The molecule has 1 aromatic carbocycles. The summed E-state index contributed by atoms with van der Waals surface area (Å²) in [6, 6.07) is 2.89. The Hall–Kier alpha value is -1.66. The topological polar surface area (TPSA) is 93.4 Å². The molecule has 1 aromatic rings. The van der Waals surface area contributed by atoms with Crippen LogP contribution in [0.25, 0.3) is 0 Å². The van der Waals surface area contributed by atoms with E-state index in [4.69, 9.17) is 22.1 Å². The van der Waals surface area contributed by atoms with Crippen molar-refractivity contribution in [3.63, 3.8) is 0 Å². The lowest BCUT2D eigenvalue weighted by Gasteiger charge is -2.12. The lowest BCUT2D eigenvalue weighted by molar-refractivity contribution is -0.120. The highest BCUT2D eigenvalue weighted by atomic mass is 35.5. The van der Waals surface area contributed by atoms with Crippen LogP contribution in [0, 0.1) is 0 Å². The van der Waals surface area contributed by atoms with E-state index in [9.17, 15) is 9.59 Å². The zero-order valence-corrected chi connectivity index (χ0v) is 13.6. The van der Waals surface area contributed by atoms with Crippen LogP contribution in [0.5, 0.6) is 5.75 Å². The van der Waals surface area contributed by atoms with Gasteiger partial charge in [-0.2, -0.15) is 0 Å². The van der Waals surface area contributed by atoms with E-state index in [0.717, 1.165) is 0 Å². The maximum absolute atomic E-state index is 12.0. The Labute approximate surface area is 134 Å². The summed E-state index contributed by atoms with van der Waals surface area (Å²) < 4.78 is 5.07. The van der Waals surface area contributed by atoms with E-state index >= 15 is 0 Å². The molecule has 8 heteroatoms. The second kappa shape index (κ2) is 8.59. The number of methoxy groups -OCH3 is 1. The van der Waals surface area contributed by atoms with Gasteiger partial charge in [0.05, 0.1) is 29.9 Å². The minimum Gasteiger partial charge on any atom is -0.496 e. The highest BCUT2D eigenvalue weighted by Gasteiger charge is 2.15. The number of nitrogen functional groups attached to an aromatic ring is 1. The number of nitrogens with one attached hydrogen (secondary N) is 2. The van der Waals surface area contributed by atoms with Crippen molar-refractivity contribution in [3.8, 4) is 5.75 Å². The van der Waals surface area contributed by atoms with Gasteiger partial charge in [0.1, 0.15) is 5.75 Å². The highest BCUT2D eigenvalue weighted by molar-refractivity contribution is 6.33. The van der Waals surface area contributed by atoms with E-state index in [1.165, 1.54) is 19.2 Å². The van der Waals surface area contributed by atoms with Crippen LogP contribution in [0.15, 0.2) is 12.1 Å². The van der Waals surface area contributed by atoms with Crippen molar-refractivity contribution >= 4 is 41.5 Å². The number of carbonyl (C=O) groups excluding carboxylic acids is 2. The van der Waals surface area contributed by atoms with E-state index in [0.29, 0.717) is 11.4 Å². The summed E-state index contributed by atoms with van der Waals surface area (Å²) in [4.78, 5) is 23.5. The maximum Gasteiger partial charge on any atom is 0.255 e. The van der Waals surface area contributed by atoms with Crippen molar-refractivity contribution in [2.24, 2.45) is 0 Å². The fourth-order valence-corrected chi connectivity index (χ4v) is 1.71. The van der Waals surface area contributed by atoms with E-state index in [-0.39, 0.29) is 41.5 Å². The number of carbonyl (C=O) groups is 2. The van der Waals surface area contributed by atoms with Gasteiger partial charge in [-0.25, -0.2) is 0 Å². The number of hydrogen-bond acceptors (Lipinski definition) is 4. The molecular weight excluding hydrogens is 317 g/mol. The van der Waals surface area contributed by atoms with Gasteiger partial charge in [0.15, 0.2) is 0 Å². The molecule has 0 radical (unpaired) electrons. The fourth-order valence-electron chi connectivity index (χ4n) is 1.54. The molecule has 0 aliphatic heterocycles. The third-order valence-corrected chi connectivity index (χ3v) is 2.75. The van der Waals surface area contributed by atoms with Gasteiger partial charge in [-0.1, -0.05) is 11.6 Å². The Kier molecular flexibility index (Phi) is 7.91. The van der Waals surface area contributed by atoms with Gasteiger partial charge in [-0.3, -0.25) is 9.59 Å². The van der Waals surface area contributed by atoms with Crippen molar-refractivity contribution in [2.75, 3.05) is 19.4 Å². The van der Waals surface area contributed by atoms with Crippen LogP contribution in [-0.2, 0) is 4.79 Å². The monoisotopic (exact) mass is 335 g/mol. The first-order valence-electron chi connectivity index (χ1n) is 6.05. The molecule has 0 spiro atoms. The maximum atomic E-state index is 12.0. The standard InChI is InChI=1S/C13H18ClN3O3.ClH/c1-7(2)17-12(18)6-16-13(19)8-4-9(14)10(15)5-11(8)20-3;/h4-5,7H,6,15H2,1-3H3,(H,16,19)(H,17,18);1H. The molecule has 4 N–H and O–H groups in total. The molecule has 0 fully saturated rings. The second-order valence-corrected chi connectivity index (χ2v) is 4.89. The smallest absolute Gasteiger partial charge is 0.255 e. The largest absolute Gasteiger partial charge is 0.496 e. The average Bonchev–Trinajstić information content (AvgIpc) is 2.37. The molecule has 0 aliphatic rings. The summed E-state index contributed by atoms with van der Waals surface area (Å²) in [5, 5.41) is 5.42. The van der Waals surface area contributed by atoms with Crippen LogP contribution in [-0.4, -0.2) is 31.5 Å². The average molecular weight is 336 g/mol. The molecule has 0 heterocycles. The molecule has 0 saturated carbocycles. The van der Waals surface area contributed by atoms with Crippen molar-refractivity contribution in [1.82, 2.24) is 10.6 Å². The van der Waals surface area contributed by atoms with E-state index in [1.807, 2.05) is 13.8 Å². The fraction of sp³-hybridized carbons (Fsp3) is 0.385. The van der Waals surface area contributed by atoms with Crippen molar-refractivity contribution < 1.29 is 14.3 Å². The number of nitrogens with two attached hydrogens (primary N) is 1. The number of rotatable bonds is 5. The molecule has 21 heavy (non-hydrogen) atoms. The first kappa shape index (κ1) is 19.3. The van der Waals surface area contributed by atoms with Crippen molar-refractivity contribution in [3.05, 3.63) is 22.7 Å². The van der Waals surface area contributed by atoms with Crippen molar-refractivity contribution in [1.29, 1.82) is 0 Å². The zero-order chi connectivity index (χ0) is 15.3. The molecule has 0 saturated heterocycles. The third-order valence-electron chi connectivity index (χ3n) is 2.42. The van der Waals surface area contributed by atoms with Crippen LogP contribution < -0.4 is 21.1 Å². The van der Waals surface area contributed by atoms with Gasteiger partial charge in [-0.05, 0) is 19.9 Å². The Morgan fingerprint density at radius 2 is 2.00 bits per heavy atom. The van der Waals surface area contributed by atoms with E-state index < -0.39 is 5.91 Å². The summed E-state index contributed by atoms with van der Waals surface area (Å²) in [6.45, 7) is 3.55. The Bertz CT molecular complexity index is 522. The summed E-state index contributed by atoms with van der Waals surface area (Å²) in [5.74, 6) is -0.426. The van der Waals surface area contributed by atoms with Crippen LogP contribution >= 0.6 is 24.0 Å². The van der Waals surface area contributed by atoms with Crippen LogP contribution in [0.2, 0.25) is 5.02 Å². The van der Waals surface area contributed by atoms with Crippen LogP contribution in [0.4, 0.5) is 5.69 Å². The zero-order valence-electron chi connectivity index (χ0n) is 12.0. The van der Waals surface area contributed by atoms with Gasteiger partial charge in [-0.15, -0.1) is 12.4 Å². The second-order valence-electron chi connectivity index (χ2n) is 4.48. The first-order valence-corrected chi connectivity index (χ1v) is 6.43. The van der Waals surface area contributed by atoms with Gasteiger partial charge in [0.25, 0.3) is 5.91 Å². The number of benzene rings is 1. The molecule has 2 amide bonds. The summed E-state index contributed by atoms with van der Waals surface area (Å²) in [6.07, 6.45) is 0. The molecule has 0 aliphatic carbocycles. The number of anilines is 1. The predicted molar refractivity (Wildman–Crippen MR) is 85.3 cm³/mol. The van der Waals surface area contributed by atoms with Gasteiger partial charge in [0, 0.05) is 12.1 Å². The Morgan fingerprint density at radius 1 is 1.38 bits per heavy atom. The number of halogens is 2. The number of amides is 2. The molecular formula is C13H19Cl2N3O3. The molecule has 6 nitrogen and oxygen atoms in total. The Morgan fingerprint density at radius 3 is 2.52 bits per heavy atom. The normalized spacial score (nSPS) is 9.76.